The summed E-state index contributed by atoms with van der Waals surface area (Å²) in [4.78, 5) is 23.5. The van der Waals surface area contributed by atoms with Crippen molar-refractivity contribution in [2.24, 2.45) is 0 Å². The van der Waals surface area contributed by atoms with Crippen LogP contribution in [0.1, 0.15) is 41.4 Å². The molecule has 2 aromatic rings. The minimum atomic E-state index is -1.46. The average molecular weight is 367 g/mol. The number of benzene rings is 1. The molecule has 22 heavy (non-hydrogen) atoms. The molecule has 116 valence electrons. The number of aromatic hydroxyl groups is 1. The van der Waals surface area contributed by atoms with E-state index in [0.717, 1.165) is 14.7 Å². The van der Waals surface area contributed by atoms with Gasteiger partial charge in [-0.1, -0.05) is 41.9 Å². The fourth-order valence-corrected chi connectivity index (χ4v) is 2.52. The maximum absolute atomic E-state index is 12.2. The van der Waals surface area contributed by atoms with Crippen LogP contribution in [0.3, 0.4) is 0 Å². The number of nitrogens with zero attached hydrogens (tertiary/aromatic N) is 2. The van der Waals surface area contributed by atoms with Gasteiger partial charge in [0.1, 0.15) is 5.69 Å². The van der Waals surface area contributed by atoms with E-state index in [9.17, 15) is 19.8 Å². The molecule has 0 fully saturated rings. The topological polar surface area (TPSA) is 92.4 Å². The van der Waals surface area contributed by atoms with Gasteiger partial charge < -0.3 is 10.2 Å². The lowest BCUT2D eigenvalue weighted by molar-refractivity contribution is 0.0690. The van der Waals surface area contributed by atoms with E-state index in [1.807, 2.05) is 18.2 Å². The van der Waals surface area contributed by atoms with Crippen LogP contribution in [0.25, 0.3) is 0 Å². The molecule has 0 unspecified atom stereocenters. The summed E-state index contributed by atoms with van der Waals surface area (Å²) in [5.74, 6) is -2.24. The Balaban J connectivity index is 2.61. The van der Waals surface area contributed by atoms with Gasteiger partial charge in [0.15, 0.2) is 11.3 Å². The van der Waals surface area contributed by atoms with E-state index in [0.29, 0.717) is 0 Å². The molecule has 0 aliphatic carbocycles. The van der Waals surface area contributed by atoms with Crippen LogP contribution in [0.5, 0.6) is 5.75 Å². The Bertz CT molecular complexity index is 784. The van der Waals surface area contributed by atoms with Crippen molar-refractivity contribution in [2.45, 2.75) is 26.3 Å². The number of aromatic nitrogens is 2. The Labute approximate surface area is 135 Å². The molecular weight excluding hydrogens is 352 g/mol. The third-order valence-corrected chi connectivity index (χ3v) is 3.63. The van der Waals surface area contributed by atoms with E-state index >= 15 is 0 Å². The average Bonchev–Trinajstić information content (AvgIpc) is 2.41. The molecule has 0 amide bonds. The van der Waals surface area contributed by atoms with Crippen molar-refractivity contribution in [2.75, 3.05) is 0 Å². The summed E-state index contributed by atoms with van der Waals surface area (Å²) in [6.07, 6.45) is 0. The number of halogens is 1. The van der Waals surface area contributed by atoms with Crippen LogP contribution >= 0.6 is 15.9 Å². The number of carboxylic acid groups (broad SMARTS) is 1. The summed E-state index contributed by atoms with van der Waals surface area (Å²) in [6.45, 7) is 3.65. The second-order valence-electron chi connectivity index (χ2n) is 5.16. The van der Waals surface area contributed by atoms with E-state index in [4.69, 9.17) is 0 Å². The first-order valence-corrected chi connectivity index (χ1v) is 7.42. The van der Waals surface area contributed by atoms with E-state index in [2.05, 4.69) is 21.0 Å². The Morgan fingerprint density at radius 3 is 2.64 bits per heavy atom. The highest BCUT2D eigenvalue weighted by molar-refractivity contribution is 9.10. The van der Waals surface area contributed by atoms with Crippen LogP contribution in [-0.4, -0.2) is 26.0 Å². The molecule has 0 aliphatic rings. The number of hydrogen-bond donors (Lipinski definition) is 2. The Morgan fingerprint density at radius 2 is 2.09 bits per heavy atom. The second-order valence-corrected chi connectivity index (χ2v) is 6.08. The number of rotatable bonds is 4. The standard InChI is InChI=1S/C15H15BrN2O4/c1-8(2)12-13(19)11(15(21)22)14(20)18(17-12)7-9-4-3-5-10(16)6-9/h3-6,8,19H,7H2,1-2H3,(H,21,22). The summed E-state index contributed by atoms with van der Waals surface area (Å²) in [6, 6.07) is 7.28. The molecule has 2 rings (SSSR count). The third kappa shape index (κ3) is 3.19. The van der Waals surface area contributed by atoms with Crippen LogP contribution in [0.2, 0.25) is 0 Å². The van der Waals surface area contributed by atoms with Crippen molar-refractivity contribution in [3.05, 3.63) is 55.9 Å². The molecule has 7 heteroatoms. The molecule has 0 spiro atoms. The van der Waals surface area contributed by atoms with E-state index in [1.54, 1.807) is 19.9 Å². The van der Waals surface area contributed by atoms with Crippen LogP contribution in [0.4, 0.5) is 0 Å². The van der Waals surface area contributed by atoms with Gasteiger partial charge >= 0.3 is 5.97 Å². The molecule has 0 atom stereocenters. The molecule has 6 nitrogen and oxygen atoms in total. The Kier molecular flexibility index (Phi) is 4.65. The monoisotopic (exact) mass is 366 g/mol. The van der Waals surface area contributed by atoms with Gasteiger partial charge in [-0.05, 0) is 17.7 Å². The molecule has 1 aromatic heterocycles. The third-order valence-electron chi connectivity index (χ3n) is 3.14. The Morgan fingerprint density at radius 1 is 1.41 bits per heavy atom. The summed E-state index contributed by atoms with van der Waals surface area (Å²) < 4.78 is 1.92. The summed E-state index contributed by atoms with van der Waals surface area (Å²) in [5, 5.41) is 23.3. The predicted molar refractivity (Wildman–Crippen MR) is 84.5 cm³/mol. The normalized spacial score (nSPS) is 10.9. The molecule has 0 bridgehead atoms. The molecule has 1 heterocycles. The number of aromatic carboxylic acids is 1. The SMILES string of the molecule is CC(C)c1nn(Cc2cccc(Br)c2)c(=O)c(C(=O)O)c1O. The van der Waals surface area contributed by atoms with E-state index in [-0.39, 0.29) is 18.2 Å². The van der Waals surface area contributed by atoms with Gasteiger partial charge in [-0.2, -0.15) is 5.10 Å². The molecule has 2 N–H and O–H groups in total. The lowest BCUT2D eigenvalue weighted by Crippen LogP contribution is -2.30. The minimum Gasteiger partial charge on any atom is -0.505 e. The quantitative estimate of drug-likeness (QED) is 0.867. The number of carbonyl (C=O) groups is 1. The molecular formula is C15H15BrN2O4. The molecule has 0 aliphatic heterocycles. The first-order valence-electron chi connectivity index (χ1n) is 6.63. The zero-order valence-corrected chi connectivity index (χ0v) is 13.7. The fourth-order valence-electron chi connectivity index (χ4n) is 2.08. The second kappa shape index (κ2) is 6.31. The number of carboxylic acids is 1. The highest BCUT2D eigenvalue weighted by Gasteiger charge is 2.23. The summed E-state index contributed by atoms with van der Waals surface area (Å²) >= 11 is 3.34. The van der Waals surface area contributed by atoms with Crippen LogP contribution in [0, 0.1) is 0 Å². The van der Waals surface area contributed by atoms with Crippen molar-refractivity contribution in [1.82, 2.24) is 9.78 Å². The van der Waals surface area contributed by atoms with Crippen molar-refractivity contribution in [3.8, 4) is 5.75 Å². The number of hydrogen-bond acceptors (Lipinski definition) is 4. The Hall–Kier alpha value is -2.15. The maximum atomic E-state index is 12.2. The molecule has 0 saturated carbocycles. The van der Waals surface area contributed by atoms with Gasteiger partial charge in [0.25, 0.3) is 5.56 Å². The highest BCUT2D eigenvalue weighted by atomic mass is 79.9. The zero-order valence-electron chi connectivity index (χ0n) is 12.1. The fraction of sp³-hybridized carbons (Fsp3) is 0.267. The lowest BCUT2D eigenvalue weighted by atomic mass is 10.1. The van der Waals surface area contributed by atoms with Crippen LogP contribution < -0.4 is 5.56 Å². The van der Waals surface area contributed by atoms with E-state index < -0.39 is 22.8 Å². The highest BCUT2D eigenvalue weighted by Crippen LogP contribution is 2.24. The predicted octanol–water partition coefficient (Wildman–Crippen LogP) is 2.58. The first kappa shape index (κ1) is 16.2. The van der Waals surface area contributed by atoms with Crippen LogP contribution in [0.15, 0.2) is 33.5 Å². The molecule has 1 aromatic carbocycles. The smallest absolute Gasteiger partial charge is 0.345 e. The largest absolute Gasteiger partial charge is 0.505 e. The van der Waals surface area contributed by atoms with Gasteiger partial charge in [-0.15, -0.1) is 0 Å². The first-order chi connectivity index (χ1) is 10.3. The van der Waals surface area contributed by atoms with Gasteiger partial charge in [0.05, 0.1) is 6.54 Å². The van der Waals surface area contributed by atoms with Gasteiger partial charge in [-0.25, -0.2) is 9.48 Å². The summed E-state index contributed by atoms with van der Waals surface area (Å²) in [7, 11) is 0. The van der Waals surface area contributed by atoms with Crippen molar-refractivity contribution >= 4 is 21.9 Å². The lowest BCUT2D eigenvalue weighted by Gasteiger charge is -2.13. The molecule has 0 radical (unpaired) electrons. The van der Waals surface area contributed by atoms with Crippen LogP contribution in [-0.2, 0) is 6.54 Å². The van der Waals surface area contributed by atoms with Gasteiger partial charge in [0, 0.05) is 10.4 Å². The maximum Gasteiger partial charge on any atom is 0.345 e. The van der Waals surface area contributed by atoms with Crippen molar-refractivity contribution < 1.29 is 15.0 Å². The van der Waals surface area contributed by atoms with Gasteiger partial charge in [0.2, 0.25) is 0 Å². The molecule has 0 saturated heterocycles. The van der Waals surface area contributed by atoms with E-state index in [1.165, 1.54) is 0 Å². The zero-order chi connectivity index (χ0) is 16.4. The van der Waals surface area contributed by atoms with Crippen molar-refractivity contribution in [3.63, 3.8) is 0 Å². The minimum absolute atomic E-state index is 0.124. The summed E-state index contributed by atoms with van der Waals surface area (Å²) in [5.41, 5.74) is -0.490. The van der Waals surface area contributed by atoms with Crippen molar-refractivity contribution in [1.29, 1.82) is 0 Å². The van der Waals surface area contributed by atoms with Gasteiger partial charge in [-0.3, -0.25) is 4.79 Å².